The van der Waals surface area contributed by atoms with Gasteiger partial charge in [0, 0.05) is 39.4 Å². The predicted octanol–water partition coefficient (Wildman–Crippen LogP) is 4.01. The summed E-state index contributed by atoms with van der Waals surface area (Å²) in [5.41, 5.74) is 18.6. The number of benzene rings is 4. The second kappa shape index (κ2) is 25.3. The second-order valence-electron chi connectivity index (χ2n) is 19.3. The first-order valence-corrected chi connectivity index (χ1v) is 24.7. The summed E-state index contributed by atoms with van der Waals surface area (Å²) in [5.74, 6) is -2.07. The van der Waals surface area contributed by atoms with Crippen molar-refractivity contribution in [1.82, 2.24) is 30.7 Å². The van der Waals surface area contributed by atoms with E-state index >= 15 is 0 Å². The summed E-state index contributed by atoms with van der Waals surface area (Å²) in [6.45, 7) is 8.41. The Labute approximate surface area is 412 Å². The molecule has 374 valence electrons. The van der Waals surface area contributed by atoms with Crippen molar-refractivity contribution >= 4 is 35.4 Å². The van der Waals surface area contributed by atoms with E-state index in [1.807, 2.05) is 74.5 Å². The van der Waals surface area contributed by atoms with Crippen LogP contribution in [0.25, 0.3) is 0 Å². The van der Waals surface area contributed by atoms with Gasteiger partial charge in [0.1, 0.15) is 29.9 Å². The Hall–Kier alpha value is -6.58. The van der Waals surface area contributed by atoms with Crippen LogP contribution in [0.3, 0.4) is 0 Å². The number of rotatable bonds is 22. The lowest BCUT2D eigenvalue weighted by Crippen LogP contribution is -2.56. The number of likely N-dealkylation sites (tertiary alicyclic amines) is 1. The van der Waals surface area contributed by atoms with Gasteiger partial charge in [-0.05, 0) is 142 Å². The molecule has 5 atom stereocenters. The van der Waals surface area contributed by atoms with E-state index in [-0.39, 0.29) is 62.8 Å². The maximum absolute atomic E-state index is 14.3. The SMILES string of the molecule is Cc1cc(O)cc(C)c1C[C@H](N)C(=O)N(C)[C@H](C)C(=O)N[C@H]1Cc2ccccc2CN(CCCC(=O)N[C@@H](CCCN2CCC(Cc3ccccc3)CC2)C(=O)N[C@@H](Cc2ccccc2)C(N)=O)C1=O. The molecule has 0 spiro atoms. The van der Waals surface area contributed by atoms with E-state index in [9.17, 15) is 33.9 Å². The molecule has 0 bridgehead atoms. The van der Waals surface area contributed by atoms with Gasteiger partial charge in [0.15, 0.2) is 0 Å². The van der Waals surface area contributed by atoms with E-state index in [0.29, 0.717) is 18.8 Å². The first-order valence-electron chi connectivity index (χ1n) is 24.7. The third-order valence-electron chi connectivity index (χ3n) is 14.0. The number of primary amides is 1. The van der Waals surface area contributed by atoms with Crippen LogP contribution in [-0.4, -0.2) is 119 Å². The van der Waals surface area contributed by atoms with Crippen LogP contribution in [0, 0.1) is 19.8 Å². The van der Waals surface area contributed by atoms with Gasteiger partial charge in [-0.3, -0.25) is 28.8 Å². The summed E-state index contributed by atoms with van der Waals surface area (Å²) >= 11 is 0. The minimum Gasteiger partial charge on any atom is -0.508 e. The zero-order valence-electron chi connectivity index (χ0n) is 41.2. The van der Waals surface area contributed by atoms with E-state index in [1.54, 1.807) is 24.0 Å². The Morgan fingerprint density at radius 3 is 2.04 bits per heavy atom. The lowest BCUT2D eigenvalue weighted by atomic mass is 9.90. The number of amides is 6. The number of nitrogens with zero attached hydrogens (tertiary/aromatic N) is 3. The number of nitrogens with two attached hydrogens (primary N) is 2. The molecule has 6 rings (SSSR count). The van der Waals surface area contributed by atoms with Gasteiger partial charge >= 0.3 is 0 Å². The number of hydrogen-bond donors (Lipinski definition) is 6. The molecule has 0 aliphatic carbocycles. The number of aromatic hydroxyl groups is 1. The van der Waals surface area contributed by atoms with Crippen LogP contribution >= 0.6 is 0 Å². The normalized spacial score (nSPS) is 17.0. The summed E-state index contributed by atoms with van der Waals surface area (Å²) in [5, 5.41) is 18.6. The van der Waals surface area contributed by atoms with E-state index in [1.165, 1.54) is 17.5 Å². The topological polar surface area (TPSA) is 220 Å². The zero-order chi connectivity index (χ0) is 50.3. The molecule has 2 heterocycles. The quantitative estimate of drug-likeness (QED) is 0.0670. The van der Waals surface area contributed by atoms with E-state index < -0.39 is 53.8 Å². The van der Waals surface area contributed by atoms with E-state index in [4.69, 9.17) is 11.5 Å². The van der Waals surface area contributed by atoms with Gasteiger partial charge in [-0.1, -0.05) is 84.9 Å². The largest absolute Gasteiger partial charge is 0.508 e. The highest BCUT2D eigenvalue weighted by molar-refractivity contribution is 5.94. The Morgan fingerprint density at radius 1 is 0.786 bits per heavy atom. The first-order chi connectivity index (χ1) is 33.6. The van der Waals surface area contributed by atoms with Crippen LogP contribution in [0.4, 0.5) is 0 Å². The monoisotopic (exact) mass is 957 g/mol. The third-order valence-corrected chi connectivity index (χ3v) is 14.0. The summed E-state index contributed by atoms with van der Waals surface area (Å²) < 4.78 is 0. The number of carbonyl (C=O) groups is 6. The Morgan fingerprint density at radius 2 is 1.40 bits per heavy atom. The molecule has 6 amide bonds. The fraction of sp³-hybridized carbons (Fsp3) is 0.455. The molecule has 8 N–H and O–H groups in total. The average Bonchev–Trinajstić information content (AvgIpc) is 3.47. The van der Waals surface area contributed by atoms with Gasteiger partial charge in [-0.25, -0.2) is 0 Å². The molecule has 4 aromatic rings. The average molecular weight is 957 g/mol. The highest BCUT2D eigenvalue weighted by Gasteiger charge is 2.34. The maximum Gasteiger partial charge on any atom is 0.245 e. The van der Waals surface area contributed by atoms with Gasteiger partial charge < -0.3 is 47.2 Å². The van der Waals surface area contributed by atoms with Crippen LogP contribution in [0.1, 0.15) is 84.4 Å². The lowest BCUT2D eigenvalue weighted by molar-refractivity contribution is -0.141. The number of phenols is 1. The highest BCUT2D eigenvalue weighted by atomic mass is 16.3. The van der Waals surface area contributed by atoms with Crippen LogP contribution in [0.2, 0.25) is 0 Å². The Bertz CT molecular complexity index is 2400. The number of fused-ring (bicyclic) bond motifs is 1. The summed E-state index contributed by atoms with van der Waals surface area (Å²) in [7, 11) is 1.51. The van der Waals surface area contributed by atoms with Crippen molar-refractivity contribution in [3.63, 3.8) is 0 Å². The highest BCUT2D eigenvalue weighted by Crippen LogP contribution is 2.25. The van der Waals surface area contributed by atoms with Crippen molar-refractivity contribution in [2.45, 2.75) is 122 Å². The fourth-order valence-electron chi connectivity index (χ4n) is 9.74. The molecule has 1 fully saturated rings. The zero-order valence-corrected chi connectivity index (χ0v) is 41.2. The Kier molecular flexibility index (Phi) is 19.1. The first kappa shape index (κ1) is 52.8. The van der Waals surface area contributed by atoms with Gasteiger partial charge in [0.25, 0.3) is 0 Å². The second-order valence-corrected chi connectivity index (χ2v) is 19.3. The molecule has 0 unspecified atom stereocenters. The molecule has 0 radical (unpaired) electrons. The van der Waals surface area contributed by atoms with Crippen molar-refractivity contribution < 1.29 is 33.9 Å². The predicted molar refractivity (Wildman–Crippen MR) is 270 cm³/mol. The number of likely N-dealkylation sites (N-methyl/N-ethyl adjacent to an activating group) is 1. The molecule has 70 heavy (non-hydrogen) atoms. The summed E-state index contributed by atoms with van der Waals surface area (Å²) in [4.78, 5) is 87.1. The molecule has 2 aliphatic heterocycles. The molecular weight excluding hydrogens is 885 g/mol. The molecular formula is C55H72N8O7. The number of aryl methyl sites for hydroxylation is 2. The molecule has 2 aliphatic rings. The number of carbonyl (C=O) groups excluding carboxylic acids is 6. The van der Waals surface area contributed by atoms with Crippen LogP contribution < -0.4 is 27.4 Å². The molecule has 0 aromatic heterocycles. The Balaban J connectivity index is 1.05. The van der Waals surface area contributed by atoms with Crippen LogP contribution in [0.5, 0.6) is 5.75 Å². The molecule has 1 saturated heterocycles. The number of phenolic OH excluding ortho intramolecular Hbond substituents is 1. The van der Waals surface area contributed by atoms with Gasteiger partial charge in [-0.15, -0.1) is 0 Å². The fourth-order valence-corrected chi connectivity index (χ4v) is 9.74. The van der Waals surface area contributed by atoms with Gasteiger partial charge in [0.05, 0.1) is 6.04 Å². The summed E-state index contributed by atoms with van der Waals surface area (Å²) in [6.07, 6.45) is 5.17. The smallest absolute Gasteiger partial charge is 0.245 e. The lowest BCUT2D eigenvalue weighted by Gasteiger charge is -2.32. The molecule has 15 nitrogen and oxygen atoms in total. The van der Waals surface area contributed by atoms with Crippen LogP contribution in [0.15, 0.2) is 97.1 Å². The third kappa shape index (κ3) is 15.0. The number of nitrogens with one attached hydrogen (secondary N) is 3. The van der Waals surface area contributed by atoms with Gasteiger partial charge in [0.2, 0.25) is 35.4 Å². The molecule has 4 aromatic carbocycles. The van der Waals surface area contributed by atoms with Crippen LogP contribution in [-0.2, 0) is 61.0 Å². The summed E-state index contributed by atoms with van der Waals surface area (Å²) in [6, 6.07) is 26.0. The molecule has 0 saturated carbocycles. The van der Waals surface area contributed by atoms with Crippen molar-refractivity contribution in [2.75, 3.05) is 33.2 Å². The van der Waals surface area contributed by atoms with Gasteiger partial charge in [-0.2, -0.15) is 0 Å². The van der Waals surface area contributed by atoms with Crippen molar-refractivity contribution in [3.05, 3.63) is 136 Å². The number of hydrogen-bond acceptors (Lipinski definition) is 9. The maximum atomic E-state index is 14.3. The van der Waals surface area contributed by atoms with Crippen molar-refractivity contribution in [2.24, 2.45) is 17.4 Å². The molecule has 15 heteroatoms. The number of piperidine rings is 1. The standard InChI is InChI=1S/C55H72N8O7/c1-36-29-44(64)30-37(2)45(36)34-46(56)54(69)61(4)38(3)52(67)60-49-33-42-19-11-12-20-43(42)35-63(55(49)70)26-14-22-50(65)58-47(53(68)59-48(51(57)66)32-40-17-9-6-10-18-40)21-13-25-62-27-23-41(24-28-62)31-39-15-7-5-8-16-39/h5-12,15-20,29-30,38,41,46-49,64H,13-14,21-28,31-35,56H2,1-4H3,(H2,57,66)(H,58,65)(H,59,68)(H,60,67)/t38-,46+,47+,48+,49+/m1/s1. The van der Waals surface area contributed by atoms with E-state index in [2.05, 4.69) is 45.1 Å². The minimum absolute atomic E-state index is 0.0117. The van der Waals surface area contributed by atoms with Crippen molar-refractivity contribution in [1.29, 1.82) is 0 Å². The van der Waals surface area contributed by atoms with Crippen molar-refractivity contribution in [3.8, 4) is 5.75 Å². The minimum atomic E-state index is -0.977. The van der Waals surface area contributed by atoms with E-state index in [0.717, 1.165) is 72.3 Å².